The maximum atomic E-state index is 11.3. The van der Waals surface area contributed by atoms with E-state index in [2.05, 4.69) is 5.10 Å². The Morgan fingerprint density at radius 3 is 3.00 bits per heavy atom. The third kappa shape index (κ3) is 1.98. The van der Waals surface area contributed by atoms with Gasteiger partial charge in [-0.2, -0.15) is 5.10 Å². The van der Waals surface area contributed by atoms with Crippen LogP contribution in [-0.2, 0) is 4.79 Å². The summed E-state index contributed by atoms with van der Waals surface area (Å²) in [5, 5.41) is 13.8. The first kappa shape index (κ1) is 10.4. The van der Waals surface area contributed by atoms with Crippen LogP contribution in [0.2, 0.25) is 0 Å². The topological polar surface area (TPSA) is 58.4 Å². The van der Waals surface area contributed by atoms with E-state index in [1.807, 2.05) is 0 Å². The summed E-state index contributed by atoms with van der Waals surface area (Å²) in [4.78, 5) is 12.9. The molecule has 1 N–H and O–H groups in total. The van der Waals surface area contributed by atoms with E-state index >= 15 is 0 Å². The van der Waals surface area contributed by atoms with Gasteiger partial charge in [-0.25, -0.2) is 0 Å². The van der Waals surface area contributed by atoms with Crippen molar-refractivity contribution in [2.45, 2.75) is 12.1 Å². The number of halogens is 1. The molecule has 1 aromatic rings. The average Bonchev–Trinajstić information content (AvgIpc) is 2.84. The minimum atomic E-state index is -0.572. The van der Waals surface area contributed by atoms with Crippen molar-refractivity contribution in [3.63, 3.8) is 0 Å². The molecule has 1 aromatic heterocycles. The van der Waals surface area contributed by atoms with Gasteiger partial charge >= 0.3 is 0 Å². The highest BCUT2D eigenvalue weighted by Crippen LogP contribution is 2.21. The molecule has 0 saturated carbocycles. The van der Waals surface area contributed by atoms with Crippen molar-refractivity contribution < 1.29 is 9.90 Å². The number of aliphatic hydroxyl groups excluding tert-OH is 1. The van der Waals surface area contributed by atoms with Crippen LogP contribution in [-0.4, -0.2) is 50.8 Å². The Hall–Kier alpha value is -1.07. The minimum absolute atomic E-state index is 0.0431. The van der Waals surface area contributed by atoms with Crippen LogP contribution in [0.4, 0.5) is 0 Å². The number of aliphatic hydroxyl groups is 1. The van der Waals surface area contributed by atoms with Crippen molar-refractivity contribution in [1.29, 1.82) is 0 Å². The number of hydrogen-bond acceptors (Lipinski definition) is 3. The summed E-state index contributed by atoms with van der Waals surface area (Å²) in [5.41, 5.74) is 0. The molecule has 0 bridgehead atoms. The van der Waals surface area contributed by atoms with Gasteiger partial charge in [0.05, 0.1) is 12.1 Å². The molecule has 1 fully saturated rings. The van der Waals surface area contributed by atoms with Gasteiger partial charge < -0.3 is 10.0 Å². The Morgan fingerprint density at radius 2 is 2.40 bits per heavy atom. The third-order valence-corrected chi connectivity index (χ3v) is 2.82. The number of amides is 1. The Bertz CT molecular complexity index is 341. The predicted octanol–water partition coefficient (Wildman–Crippen LogP) is -0.134. The number of likely N-dealkylation sites (tertiary alicyclic amines) is 1. The molecule has 1 amide bonds. The fourth-order valence-electron chi connectivity index (χ4n) is 1.79. The second-order valence-electron chi connectivity index (χ2n) is 3.55. The number of nitrogens with zero attached hydrogens (tertiary/aromatic N) is 3. The Labute approximate surface area is 92.2 Å². The van der Waals surface area contributed by atoms with Crippen LogP contribution in [0.3, 0.4) is 0 Å². The first-order valence-corrected chi connectivity index (χ1v) is 5.26. The van der Waals surface area contributed by atoms with Crippen LogP contribution in [0.1, 0.15) is 6.04 Å². The molecule has 1 aliphatic rings. The highest BCUT2D eigenvalue weighted by atomic mass is 35.5. The lowest BCUT2D eigenvalue weighted by atomic mass is 10.2. The fourth-order valence-corrected chi connectivity index (χ4v) is 1.96. The molecule has 2 unspecified atom stereocenters. The van der Waals surface area contributed by atoms with Crippen LogP contribution in [0, 0.1) is 0 Å². The van der Waals surface area contributed by atoms with E-state index in [0.29, 0.717) is 13.1 Å². The maximum absolute atomic E-state index is 11.3. The van der Waals surface area contributed by atoms with Gasteiger partial charge in [-0.3, -0.25) is 9.48 Å². The number of aromatic nitrogens is 2. The van der Waals surface area contributed by atoms with Crippen LogP contribution >= 0.6 is 11.6 Å². The van der Waals surface area contributed by atoms with Crippen LogP contribution in [0.15, 0.2) is 18.5 Å². The van der Waals surface area contributed by atoms with Crippen molar-refractivity contribution in [2.75, 3.05) is 19.0 Å². The molecule has 1 aliphatic heterocycles. The highest BCUT2D eigenvalue weighted by Gasteiger charge is 2.34. The first-order chi connectivity index (χ1) is 7.22. The molecule has 15 heavy (non-hydrogen) atoms. The molecule has 2 atom stereocenters. The smallest absolute Gasteiger partial charge is 0.237 e. The zero-order chi connectivity index (χ0) is 10.8. The summed E-state index contributed by atoms with van der Waals surface area (Å²) in [6.07, 6.45) is 2.86. The van der Waals surface area contributed by atoms with E-state index in [9.17, 15) is 9.90 Å². The van der Waals surface area contributed by atoms with E-state index in [-0.39, 0.29) is 17.8 Å². The Kier molecular flexibility index (Phi) is 2.93. The van der Waals surface area contributed by atoms with E-state index in [1.54, 1.807) is 28.0 Å². The second kappa shape index (κ2) is 4.20. The van der Waals surface area contributed by atoms with Gasteiger partial charge in [-0.15, -0.1) is 11.6 Å². The van der Waals surface area contributed by atoms with Crippen molar-refractivity contribution in [3.05, 3.63) is 18.5 Å². The average molecular weight is 230 g/mol. The maximum Gasteiger partial charge on any atom is 0.237 e. The molecule has 0 aromatic carbocycles. The lowest BCUT2D eigenvalue weighted by Gasteiger charge is -2.14. The van der Waals surface area contributed by atoms with E-state index in [1.165, 1.54) is 0 Å². The number of β-amino-alcohol motifs (C(OH)–C–C–N with tert-alkyl or cyclic N) is 1. The molecule has 5 nitrogen and oxygen atoms in total. The fraction of sp³-hybridized carbons (Fsp3) is 0.556. The second-order valence-corrected chi connectivity index (χ2v) is 3.82. The zero-order valence-corrected chi connectivity index (χ0v) is 8.84. The molecule has 6 heteroatoms. The van der Waals surface area contributed by atoms with Gasteiger partial charge in [-0.1, -0.05) is 0 Å². The molecule has 1 saturated heterocycles. The van der Waals surface area contributed by atoms with Gasteiger partial charge in [0.2, 0.25) is 5.91 Å². The monoisotopic (exact) mass is 229 g/mol. The number of hydrogen-bond donors (Lipinski definition) is 1. The van der Waals surface area contributed by atoms with Crippen molar-refractivity contribution in [2.24, 2.45) is 0 Å². The molecule has 0 radical (unpaired) electrons. The SMILES string of the molecule is O=C(CCl)N1CC(O)C(n2cccn2)C1. The Morgan fingerprint density at radius 1 is 1.60 bits per heavy atom. The van der Waals surface area contributed by atoms with E-state index in [0.717, 1.165) is 0 Å². The Balaban J connectivity index is 2.08. The summed E-state index contributed by atoms with van der Waals surface area (Å²) in [5.74, 6) is -0.191. The molecule has 0 aliphatic carbocycles. The quantitative estimate of drug-likeness (QED) is 0.719. The number of rotatable bonds is 2. The van der Waals surface area contributed by atoms with Gasteiger partial charge in [0.15, 0.2) is 0 Å². The van der Waals surface area contributed by atoms with E-state index in [4.69, 9.17) is 11.6 Å². The van der Waals surface area contributed by atoms with E-state index < -0.39 is 6.10 Å². The molecule has 2 rings (SSSR count). The minimum Gasteiger partial charge on any atom is -0.389 e. The van der Waals surface area contributed by atoms with Crippen LogP contribution in [0.25, 0.3) is 0 Å². The van der Waals surface area contributed by atoms with Crippen LogP contribution in [0.5, 0.6) is 0 Å². The summed E-state index contributed by atoms with van der Waals surface area (Å²) < 4.78 is 1.67. The standard InChI is InChI=1S/C9H12ClN3O2/c10-4-9(15)12-5-7(8(14)6-12)13-3-1-2-11-13/h1-3,7-8,14H,4-6H2. The molecular formula is C9H12ClN3O2. The molecular weight excluding hydrogens is 218 g/mol. The molecule has 82 valence electrons. The summed E-state index contributed by atoms with van der Waals surface area (Å²) in [7, 11) is 0. The van der Waals surface area contributed by atoms with Crippen molar-refractivity contribution >= 4 is 17.5 Å². The van der Waals surface area contributed by atoms with Crippen molar-refractivity contribution in [1.82, 2.24) is 14.7 Å². The third-order valence-electron chi connectivity index (χ3n) is 2.59. The van der Waals surface area contributed by atoms with Crippen LogP contribution < -0.4 is 0 Å². The van der Waals surface area contributed by atoms with Gasteiger partial charge in [-0.05, 0) is 6.07 Å². The number of carbonyl (C=O) groups is 1. The summed E-state index contributed by atoms with van der Waals surface area (Å²) >= 11 is 5.46. The van der Waals surface area contributed by atoms with Gasteiger partial charge in [0, 0.05) is 25.5 Å². The van der Waals surface area contributed by atoms with Crippen molar-refractivity contribution in [3.8, 4) is 0 Å². The summed E-state index contributed by atoms with van der Waals surface area (Å²) in [6.45, 7) is 0.796. The molecule has 2 heterocycles. The summed E-state index contributed by atoms with van der Waals surface area (Å²) in [6, 6.07) is 1.63. The highest BCUT2D eigenvalue weighted by molar-refractivity contribution is 6.27. The normalized spacial score (nSPS) is 25.9. The van der Waals surface area contributed by atoms with Gasteiger partial charge in [0.1, 0.15) is 5.88 Å². The number of alkyl halides is 1. The first-order valence-electron chi connectivity index (χ1n) is 4.73. The number of carbonyl (C=O) groups excluding carboxylic acids is 1. The largest absolute Gasteiger partial charge is 0.389 e. The van der Waals surface area contributed by atoms with Gasteiger partial charge in [0.25, 0.3) is 0 Å². The zero-order valence-electron chi connectivity index (χ0n) is 8.08. The predicted molar refractivity (Wildman–Crippen MR) is 54.6 cm³/mol. The lowest BCUT2D eigenvalue weighted by Crippen LogP contribution is -2.30. The molecule has 0 spiro atoms. The lowest BCUT2D eigenvalue weighted by molar-refractivity contribution is -0.127.